The molecule has 0 saturated heterocycles. The standard InChI is InChI=1S/C19H17ClN2O2/c1-3-24-19(23)13-4-9-17-16(11-13)18(10-12(2)21-17)22-15-7-5-14(20)6-8-15/h4-11H,3H2,1-2H3,(H,21,22). The summed E-state index contributed by atoms with van der Waals surface area (Å²) in [5.74, 6) is -0.336. The second kappa shape index (κ2) is 6.89. The summed E-state index contributed by atoms with van der Waals surface area (Å²) in [6, 6.07) is 14.8. The monoisotopic (exact) mass is 340 g/mol. The number of esters is 1. The van der Waals surface area contributed by atoms with Gasteiger partial charge in [0.2, 0.25) is 0 Å². The third-order valence-corrected chi connectivity index (χ3v) is 3.82. The maximum atomic E-state index is 12.0. The van der Waals surface area contributed by atoms with Crippen molar-refractivity contribution in [2.45, 2.75) is 13.8 Å². The molecule has 1 aromatic heterocycles. The third kappa shape index (κ3) is 3.49. The Morgan fingerprint density at radius 3 is 2.62 bits per heavy atom. The minimum absolute atomic E-state index is 0.336. The van der Waals surface area contributed by atoms with Gasteiger partial charge in [0.25, 0.3) is 0 Å². The fraction of sp³-hybridized carbons (Fsp3) is 0.158. The Balaban J connectivity index is 2.05. The number of rotatable bonds is 4. The molecular weight excluding hydrogens is 324 g/mol. The zero-order valence-corrected chi connectivity index (χ0v) is 14.2. The van der Waals surface area contributed by atoms with E-state index < -0.39 is 0 Å². The molecule has 24 heavy (non-hydrogen) atoms. The van der Waals surface area contributed by atoms with Gasteiger partial charge >= 0.3 is 5.97 Å². The van der Waals surface area contributed by atoms with Crippen LogP contribution in [-0.4, -0.2) is 17.6 Å². The molecule has 0 spiro atoms. The second-order valence-electron chi connectivity index (χ2n) is 5.40. The molecule has 3 rings (SSSR count). The van der Waals surface area contributed by atoms with Crippen LogP contribution in [0.4, 0.5) is 11.4 Å². The van der Waals surface area contributed by atoms with E-state index in [-0.39, 0.29) is 5.97 Å². The Morgan fingerprint density at radius 1 is 1.17 bits per heavy atom. The minimum atomic E-state index is -0.336. The Hall–Kier alpha value is -2.59. The van der Waals surface area contributed by atoms with Crippen molar-refractivity contribution < 1.29 is 9.53 Å². The van der Waals surface area contributed by atoms with E-state index in [4.69, 9.17) is 16.3 Å². The summed E-state index contributed by atoms with van der Waals surface area (Å²) in [7, 11) is 0. The molecule has 0 saturated carbocycles. The van der Waals surface area contributed by atoms with E-state index in [0.717, 1.165) is 28.0 Å². The van der Waals surface area contributed by atoms with Crippen molar-refractivity contribution in [1.29, 1.82) is 0 Å². The molecule has 0 atom stereocenters. The molecule has 0 aliphatic carbocycles. The molecule has 0 aliphatic rings. The molecule has 5 heteroatoms. The van der Waals surface area contributed by atoms with Crippen LogP contribution >= 0.6 is 11.6 Å². The molecule has 3 aromatic rings. The van der Waals surface area contributed by atoms with Crippen LogP contribution in [0.1, 0.15) is 23.0 Å². The number of hydrogen-bond donors (Lipinski definition) is 1. The third-order valence-electron chi connectivity index (χ3n) is 3.57. The van der Waals surface area contributed by atoms with E-state index in [1.807, 2.05) is 43.3 Å². The highest BCUT2D eigenvalue weighted by atomic mass is 35.5. The maximum absolute atomic E-state index is 12.0. The molecule has 1 N–H and O–H groups in total. The largest absolute Gasteiger partial charge is 0.462 e. The smallest absolute Gasteiger partial charge is 0.338 e. The van der Waals surface area contributed by atoms with Crippen LogP contribution in [0.2, 0.25) is 5.02 Å². The summed E-state index contributed by atoms with van der Waals surface area (Å²) in [6.45, 7) is 4.07. The van der Waals surface area contributed by atoms with Crippen LogP contribution in [-0.2, 0) is 4.74 Å². The number of aryl methyl sites for hydroxylation is 1. The van der Waals surface area contributed by atoms with Gasteiger partial charge in [0.15, 0.2) is 0 Å². The number of aromatic nitrogens is 1. The number of halogens is 1. The predicted molar refractivity (Wildman–Crippen MR) is 97.2 cm³/mol. The molecule has 0 amide bonds. The number of hydrogen-bond acceptors (Lipinski definition) is 4. The highest BCUT2D eigenvalue weighted by Crippen LogP contribution is 2.28. The first kappa shape index (κ1) is 16.3. The van der Waals surface area contributed by atoms with Gasteiger partial charge in [-0.1, -0.05) is 11.6 Å². The van der Waals surface area contributed by atoms with E-state index >= 15 is 0 Å². The molecule has 122 valence electrons. The summed E-state index contributed by atoms with van der Waals surface area (Å²) in [5, 5.41) is 4.91. The summed E-state index contributed by atoms with van der Waals surface area (Å²) < 4.78 is 5.08. The molecule has 4 nitrogen and oxygen atoms in total. The lowest BCUT2D eigenvalue weighted by atomic mass is 10.1. The van der Waals surface area contributed by atoms with Crippen LogP contribution in [0.25, 0.3) is 10.9 Å². The van der Waals surface area contributed by atoms with Gasteiger partial charge in [0, 0.05) is 27.5 Å². The van der Waals surface area contributed by atoms with E-state index in [1.54, 1.807) is 19.1 Å². The van der Waals surface area contributed by atoms with Crippen molar-refractivity contribution in [3.8, 4) is 0 Å². The number of nitrogens with zero attached hydrogens (tertiary/aromatic N) is 1. The maximum Gasteiger partial charge on any atom is 0.338 e. The molecule has 1 heterocycles. The number of carbonyl (C=O) groups excluding carboxylic acids is 1. The lowest BCUT2D eigenvalue weighted by Gasteiger charge is -2.12. The van der Waals surface area contributed by atoms with E-state index in [9.17, 15) is 4.79 Å². The number of fused-ring (bicyclic) bond motifs is 1. The Labute approximate surface area is 145 Å². The molecule has 2 aromatic carbocycles. The van der Waals surface area contributed by atoms with E-state index in [1.165, 1.54) is 0 Å². The van der Waals surface area contributed by atoms with Crippen molar-refractivity contribution in [3.05, 3.63) is 64.8 Å². The highest BCUT2D eigenvalue weighted by molar-refractivity contribution is 6.30. The quantitative estimate of drug-likeness (QED) is 0.670. The van der Waals surface area contributed by atoms with Crippen molar-refractivity contribution in [1.82, 2.24) is 4.98 Å². The van der Waals surface area contributed by atoms with Gasteiger partial charge in [-0.25, -0.2) is 4.79 Å². The van der Waals surface area contributed by atoms with E-state index in [2.05, 4.69) is 10.3 Å². The molecule has 0 aliphatic heterocycles. The first-order valence-corrected chi connectivity index (χ1v) is 8.05. The van der Waals surface area contributed by atoms with Crippen molar-refractivity contribution in [3.63, 3.8) is 0 Å². The summed E-state index contributed by atoms with van der Waals surface area (Å²) >= 11 is 5.93. The van der Waals surface area contributed by atoms with Crippen molar-refractivity contribution in [2.75, 3.05) is 11.9 Å². The summed E-state index contributed by atoms with van der Waals surface area (Å²) in [5.41, 5.74) is 4.01. The van der Waals surface area contributed by atoms with E-state index in [0.29, 0.717) is 17.2 Å². The average Bonchev–Trinajstić information content (AvgIpc) is 2.56. The van der Waals surface area contributed by atoms with Crippen LogP contribution in [0, 0.1) is 6.92 Å². The summed E-state index contributed by atoms with van der Waals surface area (Å²) in [6.07, 6.45) is 0. The molecule has 0 radical (unpaired) electrons. The number of benzene rings is 2. The van der Waals surface area contributed by atoms with Crippen molar-refractivity contribution in [2.24, 2.45) is 0 Å². The molecular formula is C19H17ClN2O2. The number of nitrogens with one attached hydrogen (secondary N) is 1. The number of pyridine rings is 1. The van der Waals surface area contributed by atoms with Gasteiger partial charge in [-0.3, -0.25) is 4.98 Å². The van der Waals surface area contributed by atoms with Crippen LogP contribution in [0.3, 0.4) is 0 Å². The molecule has 0 fully saturated rings. The normalized spacial score (nSPS) is 10.6. The average molecular weight is 341 g/mol. The fourth-order valence-corrected chi connectivity index (χ4v) is 2.62. The second-order valence-corrected chi connectivity index (χ2v) is 5.83. The van der Waals surface area contributed by atoms with Gasteiger partial charge in [-0.05, 0) is 62.4 Å². The Bertz CT molecular complexity index is 892. The van der Waals surface area contributed by atoms with Gasteiger partial charge in [0.05, 0.1) is 17.7 Å². The topological polar surface area (TPSA) is 51.2 Å². The Kier molecular flexibility index (Phi) is 4.67. The highest BCUT2D eigenvalue weighted by Gasteiger charge is 2.11. The lowest BCUT2D eigenvalue weighted by molar-refractivity contribution is 0.0526. The van der Waals surface area contributed by atoms with Gasteiger partial charge in [-0.15, -0.1) is 0 Å². The van der Waals surface area contributed by atoms with Gasteiger partial charge < -0.3 is 10.1 Å². The van der Waals surface area contributed by atoms with Crippen LogP contribution in [0.15, 0.2) is 48.5 Å². The Morgan fingerprint density at radius 2 is 1.92 bits per heavy atom. The first-order valence-electron chi connectivity index (χ1n) is 7.68. The van der Waals surface area contributed by atoms with Crippen LogP contribution < -0.4 is 5.32 Å². The number of anilines is 2. The molecule has 0 unspecified atom stereocenters. The minimum Gasteiger partial charge on any atom is -0.462 e. The van der Waals surface area contributed by atoms with Crippen LogP contribution in [0.5, 0.6) is 0 Å². The predicted octanol–water partition coefficient (Wildman–Crippen LogP) is 5.12. The zero-order chi connectivity index (χ0) is 17.1. The first-order chi connectivity index (χ1) is 11.6. The number of ether oxygens (including phenoxy) is 1. The SMILES string of the molecule is CCOC(=O)c1ccc2nc(C)cc(Nc3ccc(Cl)cc3)c2c1. The van der Waals surface area contributed by atoms with Crippen molar-refractivity contribution >= 4 is 39.8 Å². The summed E-state index contributed by atoms with van der Waals surface area (Å²) in [4.78, 5) is 16.5. The fourth-order valence-electron chi connectivity index (χ4n) is 2.49. The zero-order valence-electron chi connectivity index (χ0n) is 13.5. The lowest BCUT2D eigenvalue weighted by Crippen LogP contribution is -2.05. The van der Waals surface area contributed by atoms with Gasteiger partial charge in [0.1, 0.15) is 0 Å². The number of carbonyl (C=O) groups is 1. The van der Waals surface area contributed by atoms with Gasteiger partial charge in [-0.2, -0.15) is 0 Å². The molecule has 0 bridgehead atoms.